The van der Waals surface area contributed by atoms with Gasteiger partial charge in [0.15, 0.2) is 5.69 Å². The summed E-state index contributed by atoms with van der Waals surface area (Å²) in [6.45, 7) is -0.0139. The molecule has 0 radical (unpaired) electrons. The number of amidine groups is 1. The normalized spacial score (nSPS) is 16.9. The summed E-state index contributed by atoms with van der Waals surface area (Å²) in [5.41, 5.74) is 0.523. The first kappa shape index (κ1) is 15.4. The molecule has 0 spiro atoms. The van der Waals surface area contributed by atoms with Gasteiger partial charge < -0.3 is 20.1 Å². The van der Waals surface area contributed by atoms with Gasteiger partial charge in [0.2, 0.25) is 11.7 Å². The molecule has 1 aliphatic rings. The van der Waals surface area contributed by atoms with Gasteiger partial charge in [-0.25, -0.2) is 9.02 Å². The predicted molar refractivity (Wildman–Crippen MR) is 79.1 cm³/mol. The Kier molecular flexibility index (Phi) is 4.21. The molecule has 0 aliphatic carbocycles. The number of benzene rings is 1. The molecule has 0 saturated carbocycles. The van der Waals surface area contributed by atoms with E-state index < -0.39 is 12.2 Å². The number of oxime groups is 1. The van der Waals surface area contributed by atoms with Crippen molar-refractivity contribution in [3.05, 3.63) is 34.2 Å². The number of halogens is 2. The molecular weight excluding hydrogens is 377 g/mol. The van der Waals surface area contributed by atoms with Crippen molar-refractivity contribution in [1.82, 2.24) is 10.3 Å². The van der Waals surface area contributed by atoms with Crippen LogP contribution in [0.4, 0.5) is 15.9 Å². The van der Waals surface area contributed by atoms with Crippen LogP contribution in [-0.2, 0) is 9.63 Å². The van der Waals surface area contributed by atoms with E-state index in [2.05, 4.69) is 41.3 Å². The molecule has 1 aromatic heterocycles. The van der Waals surface area contributed by atoms with Gasteiger partial charge in [-0.2, -0.15) is 0 Å². The number of aliphatic hydroxyl groups is 1. The average molecular weight is 386 g/mol. The van der Waals surface area contributed by atoms with E-state index in [1.54, 1.807) is 0 Å². The molecule has 23 heavy (non-hydrogen) atoms. The van der Waals surface area contributed by atoms with E-state index in [9.17, 15) is 14.3 Å². The van der Waals surface area contributed by atoms with Crippen molar-refractivity contribution in [3.63, 3.8) is 0 Å². The number of carbonyl (C=O) groups is 1. The van der Waals surface area contributed by atoms with E-state index in [4.69, 9.17) is 4.84 Å². The third-order valence-corrected chi connectivity index (χ3v) is 3.52. The van der Waals surface area contributed by atoms with Gasteiger partial charge in [-0.1, -0.05) is 5.16 Å². The Hall–Kier alpha value is -2.53. The topological polar surface area (TPSA) is 113 Å². The predicted octanol–water partition coefficient (Wildman–Crippen LogP) is 1.06. The number of carbonyl (C=O) groups excluding carboxylic acids is 1. The first-order valence-corrected chi connectivity index (χ1v) is 7.07. The molecule has 9 nitrogen and oxygen atoms in total. The molecule has 11 heteroatoms. The van der Waals surface area contributed by atoms with Crippen molar-refractivity contribution >= 4 is 39.6 Å². The quantitative estimate of drug-likeness (QED) is 0.734. The molecule has 0 amide bonds. The number of hydrogen-bond acceptors (Lipinski definition) is 9. The third kappa shape index (κ3) is 2.87. The van der Waals surface area contributed by atoms with Crippen LogP contribution in [0.3, 0.4) is 0 Å². The Bertz CT molecular complexity index is 768. The molecule has 1 aliphatic heterocycles. The van der Waals surface area contributed by atoms with Crippen molar-refractivity contribution in [1.29, 1.82) is 0 Å². The summed E-state index contributed by atoms with van der Waals surface area (Å²) in [6.07, 6.45) is -0.798. The van der Waals surface area contributed by atoms with Gasteiger partial charge >= 0.3 is 6.41 Å². The van der Waals surface area contributed by atoms with Crippen LogP contribution in [0.2, 0.25) is 0 Å². The van der Waals surface area contributed by atoms with Crippen molar-refractivity contribution in [2.45, 2.75) is 6.41 Å². The number of aromatic nitrogens is 2. The first-order chi connectivity index (χ1) is 11.1. The SMILES string of the molecule is O=CCNc1nonc1C1=NOC(O)N1c1ccc(F)c(Br)c1. The first-order valence-electron chi connectivity index (χ1n) is 6.28. The lowest BCUT2D eigenvalue weighted by Gasteiger charge is -2.20. The van der Waals surface area contributed by atoms with E-state index >= 15 is 0 Å². The van der Waals surface area contributed by atoms with Crippen molar-refractivity contribution < 1.29 is 23.8 Å². The molecule has 3 rings (SSSR count). The summed E-state index contributed by atoms with van der Waals surface area (Å²) in [5, 5.41) is 23.7. The lowest BCUT2D eigenvalue weighted by atomic mass is 10.2. The molecule has 2 N–H and O–H groups in total. The lowest BCUT2D eigenvalue weighted by Crippen LogP contribution is -2.37. The fourth-order valence-electron chi connectivity index (χ4n) is 1.92. The van der Waals surface area contributed by atoms with Crippen molar-refractivity contribution in [2.24, 2.45) is 5.16 Å². The molecule has 2 aromatic rings. The Balaban J connectivity index is 1.97. The van der Waals surface area contributed by atoms with Gasteiger partial charge in [0, 0.05) is 0 Å². The van der Waals surface area contributed by atoms with E-state index in [-0.39, 0.29) is 28.4 Å². The van der Waals surface area contributed by atoms with E-state index in [0.717, 1.165) is 0 Å². The van der Waals surface area contributed by atoms with E-state index in [0.29, 0.717) is 12.0 Å². The van der Waals surface area contributed by atoms with Gasteiger partial charge in [-0.15, -0.1) is 0 Å². The number of hydrogen-bond donors (Lipinski definition) is 2. The molecule has 1 aromatic carbocycles. The summed E-state index contributed by atoms with van der Waals surface area (Å²) in [7, 11) is 0. The van der Waals surface area contributed by atoms with Gasteiger partial charge in [0.05, 0.1) is 16.7 Å². The van der Waals surface area contributed by atoms with Crippen LogP contribution in [0.15, 0.2) is 32.5 Å². The maximum absolute atomic E-state index is 13.4. The molecule has 1 atom stereocenters. The van der Waals surface area contributed by atoms with Crippen molar-refractivity contribution in [2.75, 3.05) is 16.8 Å². The molecule has 0 saturated heterocycles. The van der Waals surface area contributed by atoms with E-state index in [1.165, 1.54) is 23.1 Å². The molecule has 1 unspecified atom stereocenters. The number of anilines is 2. The fourth-order valence-corrected chi connectivity index (χ4v) is 2.29. The van der Waals surface area contributed by atoms with Gasteiger partial charge in [0.1, 0.15) is 12.1 Å². The van der Waals surface area contributed by atoms with Crippen LogP contribution in [0.25, 0.3) is 0 Å². The second-order valence-electron chi connectivity index (χ2n) is 4.32. The Morgan fingerprint density at radius 2 is 2.30 bits per heavy atom. The second kappa shape index (κ2) is 6.30. The highest BCUT2D eigenvalue weighted by molar-refractivity contribution is 9.10. The minimum Gasteiger partial charge on any atom is -0.358 e. The smallest absolute Gasteiger partial charge is 0.311 e. The highest BCUT2D eigenvalue weighted by Crippen LogP contribution is 2.29. The van der Waals surface area contributed by atoms with Crippen LogP contribution in [0, 0.1) is 5.82 Å². The third-order valence-electron chi connectivity index (χ3n) is 2.92. The minimum absolute atomic E-state index is 0.0139. The van der Waals surface area contributed by atoms with Gasteiger partial charge in [-0.05, 0) is 44.4 Å². The number of nitrogens with zero attached hydrogens (tertiary/aromatic N) is 4. The largest absolute Gasteiger partial charge is 0.358 e. The maximum atomic E-state index is 13.4. The highest BCUT2D eigenvalue weighted by atomic mass is 79.9. The summed E-state index contributed by atoms with van der Waals surface area (Å²) < 4.78 is 18.2. The zero-order valence-electron chi connectivity index (χ0n) is 11.3. The summed E-state index contributed by atoms with van der Waals surface area (Å²) in [6, 6.07) is 4.09. The number of aldehydes is 1. The molecule has 0 bridgehead atoms. The van der Waals surface area contributed by atoms with Crippen LogP contribution >= 0.6 is 15.9 Å². The standard InChI is InChI=1S/C12H9BrFN5O4/c13-7-5-6(1-2-8(7)14)19-11(18-22-12(19)21)9-10(15-3-4-20)17-23-16-9/h1-2,4-5,12,21H,3H2,(H,15,17). The number of rotatable bonds is 5. The molecule has 2 heterocycles. The zero-order valence-corrected chi connectivity index (χ0v) is 12.9. The molecule has 0 fully saturated rings. The lowest BCUT2D eigenvalue weighted by molar-refractivity contribution is -0.106. The van der Waals surface area contributed by atoms with Crippen LogP contribution in [-0.4, -0.2) is 40.5 Å². The Morgan fingerprint density at radius 1 is 1.48 bits per heavy atom. The van der Waals surface area contributed by atoms with Crippen LogP contribution in [0.1, 0.15) is 5.69 Å². The molecular formula is C12H9BrFN5O4. The summed E-state index contributed by atoms with van der Waals surface area (Å²) >= 11 is 3.07. The fraction of sp³-hybridized carbons (Fsp3) is 0.167. The number of aliphatic hydroxyl groups excluding tert-OH is 1. The van der Waals surface area contributed by atoms with Crippen LogP contribution in [0.5, 0.6) is 0 Å². The number of nitrogens with one attached hydrogen (secondary N) is 1. The average Bonchev–Trinajstić information content (AvgIpc) is 3.14. The van der Waals surface area contributed by atoms with Gasteiger partial charge in [0.25, 0.3) is 0 Å². The Morgan fingerprint density at radius 3 is 3.04 bits per heavy atom. The highest BCUT2D eigenvalue weighted by Gasteiger charge is 2.35. The monoisotopic (exact) mass is 385 g/mol. The maximum Gasteiger partial charge on any atom is 0.311 e. The van der Waals surface area contributed by atoms with Gasteiger partial charge in [-0.3, -0.25) is 4.90 Å². The van der Waals surface area contributed by atoms with E-state index in [1.807, 2.05) is 0 Å². The summed E-state index contributed by atoms with van der Waals surface area (Å²) in [5.74, 6) is -0.219. The second-order valence-corrected chi connectivity index (χ2v) is 5.18. The minimum atomic E-state index is -1.43. The molecule has 120 valence electrons. The Labute approximate surface area is 136 Å². The van der Waals surface area contributed by atoms with Crippen LogP contribution < -0.4 is 10.2 Å². The van der Waals surface area contributed by atoms with Crippen molar-refractivity contribution in [3.8, 4) is 0 Å². The zero-order chi connectivity index (χ0) is 16.4. The summed E-state index contributed by atoms with van der Waals surface area (Å²) in [4.78, 5) is 16.6.